The first kappa shape index (κ1) is 7.65. The van der Waals surface area contributed by atoms with Gasteiger partial charge in [-0.1, -0.05) is 30.3 Å². The molecule has 1 heterocycles. The van der Waals surface area contributed by atoms with E-state index in [0.29, 0.717) is 0 Å². The molecule has 1 aromatic carbocycles. The molecule has 0 radical (unpaired) electrons. The lowest BCUT2D eigenvalue weighted by molar-refractivity contribution is 0.373. The molecule has 1 N–H and O–H groups in total. The minimum absolute atomic E-state index is 0.146. The number of benzene rings is 1. The molecule has 1 aromatic rings. The molecule has 62 valence electrons. The van der Waals surface area contributed by atoms with Crippen LogP contribution in [0.5, 0.6) is 0 Å². The van der Waals surface area contributed by atoms with E-state index < -0.39 is 0 Å². The van der Waals surface area contributed by atoms with Gasteiger partial charge in [-0.2, -0.15) is 0 Å². The van der Waals surface area contributed by atoms with Gasteiger partial charge in [0, 0.05) is 18.0 Å². The molecule has 0 fully saturated rings. The number of nitrogens with one attached hydrogen (secondary N) is 1. The van der Waals surface area contributed by atoms with Crippen molar-refractivity contribution in [1.82, 2.24) is 9.95 Å². The second-order valence-electron chi connectivity index (χ2n) is 2.65. The quantitative estimate of drug-likeness (QED) is 0.667. The SMILES string of the molecule is ClN1NC=CC1c1ccccc1. The molecule has 2 rings (SSSR count). The zero-order chi connectivity index (χ0) is 8.39. The van der Waals surface area contributed by atoms with E-state index in [2.05, 4.69) is 17.6 Å². The van der Waals surface area contributed by atoms with E-state index in [0.717, 1.165) is 0 Å². The fourth-order valence-corrected chi connectivity index (χ4v) is 1.49. The van der Waals surface area contributed by atoms with Crippen molar-refractivity contribution in [2.24, 2.45) is 0 Å². The molecule has 0 spiro atoms. The van der Waals surface area contributed by atoms with Gasteiger partial charge >= 0.3 is 0 Å². The Kier molecular flexibility index (Phi) is 2.02. The second-order valence-corrected chi connectivity index (χ2v) is 3.02. The Bertz CT molecular complexity index is 284. The van der Waals surface area contributed by atoms with Crippen LogP contribution in [-0.4, -0.2) is 4.53 Å². The molecule has 0 bridgehead atoms. The van der Waals surface area contributed by atoms with Crippen LogP contribution in [0.4, 0.5) is 0 Å². The topological polar surface area (TPSA) is 15.3 Å². The Morgan fingerprint density at radius 1 is 1.25 bits per heavy atom. The number of hydrazine groups is 1. The molecule has 12 heavy (non-hydrogen) atoms. The van der Waals surface area contributed by atoms with Crippen LogP contribution in [0, 0.1) is 0 Å². The minimum Gasteiger partial charge on any atom is -0.312 e. The van der Waals surface area contributed by atoms with Crippen molar-refractivity contribution in [2.75, 3.05) is 0 Å². The average Bonchev–Trinajstić information content (AvgIpc) is 2.53. The number of hydrogen-bond acceptors (Lipinski definition) is 2. The molecule has 1 aliphatic rings. The molecule has 0 saturated carbocycles. The van der Waals surface area contributed by atoms with E-state index in [-0.39, 0.29) is 6.04 Å². The van der Waals surface area contributed by atoms with Crippen LogP contribution in [0.3, 0.4) is 0 Å². The van der Waals surface area contributed by atoms with E-state index in [9.17, 15) is 0 Å². The summed E-state index contributed by atoms with van der Waals surface area (Å²) in [5.74, 6) is 0. The highest BCUT2D eigenvalue weighted by Crippen LogP contribution is 2.24. The van der Waals surface area contributed by atoms with E-state index >= 15 is 0 Å². The molecule has 0 aliphatic carbocycles. The first-order valence-corrected chi connectivity index (χ1v) is 4.14. The van der Waals surface area contributed by atoms with E-state index in [1.165, 1.54) is 5.56 Å². The molecule has 1 aliphatic heterocycles. The van der Waals surface area contributed by atoms with Gasteiger partial charge in [0.05, 0.1) is 6.04 Å². The zero-order valence-electron chi connectivity index (χ0n) is 6.44. The predicted octanol–water partition coefficient (Wildman–Crippen LogP) is 2.22. The Morgan fingerprint density at radius 3 is 2.58 bits per heavy atom. The Hall–Kier alpha value is -0.990. The number of halogens is 1. The largest absolute Gasteiger partial charge is 0.312 e. The summed E-state index contributed by atoms with van der Waals surface area (Å²) in [6, 6.07) is 10.3. The zero-order valence-corrected chi connectivity index (χ0v) is 7.20. The molecule has 1 atom stereocenters. The summed E-state index contributed by atoms with van der Waals surface area (Å²) in [4.78, 5) is 0. The van der Waals surface area contributed by atoms with Crippen molar-refractivity contribution in [3.63, 3.8) is 0 Å². The Morgan fingerprint density at radius 2 is 2.00 bits per heavy atom. The number of rotatable bonds is 1. The van der Waals surface area contributed by atoms with Gasteiger partial charge in [0.15, 0.2) is 0 Å². The fourth-order valence-electron chi connectivity index (χ4n) is 1.25. The first-order chi connectivity index (χ1) is 5.88. The van der Waals surface area contributed by atoms with Crippen LogP contribution < -0.4 is 5.43 Å². The third-order valence-electron chi connectivity index (χ3n) is 1.86. The number of nitrogens with zero attached hydrogens (tertiary/aromatic N) is 1. The van der Waals surface area contributed by atoms with Gasteiger partial charge in [-0.15, -0.1) is 4.53 Å². The standard InChI is InChI=1S/C9H9ClN2/c10-12-9(6-7-11-12)8-4-2-1-3-5-8/h1-7,9,11H. The highest BCUT2D eigenvalue weighted by Gasteiger charge is 2.18. The maximum Gasteiger partial charge on any atom is 0.0905 e. The third-order valence-corrected chi connectivity index (χ3v) is 2.17. The Balaban J connectivity index is 2.25. The minimum atomic E-state index is 0.146. The van der Waals surface area contributed by atoms with Crippen molar-refractivity contribution < 1.29 is 0 Å². The predicted molar refractivity (Wildman–Crippen MR) is 49.2 cm³/mol. The summed E-state index contributed by atoms with van der Waals surface area (Å²) < 4.78 is 1.55. The smallest absolute Gasteiger partial charge is 0.0905 e. The first-order valence-electron chi connectivity index (χ1n) is 3.81. The molecule has 3 heteroatoms. The molecule has 0 amide bonds. The summed E-state index contributed by atoms with van der Waals surface area (Å²) in [6.07, 6.45) is 3.85. The summed E-state index contributed by atoms with van der Waals surface area (Å²) in [5.41, 5.74) is 4.07. The fraction of sp³-hybridized carbons (Fsp3) is 0.111. The maximum absolute atomic E-state index is 5.87. The summed E-state index contributed by atoms with van der Waals surface area (Å²) in [7, 11) is 0. The van der Waals surface area contributed by atoms with E-state index in [4.69, 9.17) is 11.8 Å². The summed E-state index contributed by atoms with van der Waals surface area (Å²) in [6.45, 7) is 0. The van der Waals surface area contributed by atoms with Gasteiger partial charge in [0.25, 0.3) is 0 Å². The van der Waals surface area contributed by atoms with E-state index in [1.807, 2.05) is 30.5 Å². The molecule has 0 saturated heterocycles. The summed E-state index contributed by atoms with van der Waals surface area (Å²) in [5, 5.41) is 0. The van der Waals surface area contributed by atoms with Crippen LogP contribution >= 0.6 is 11.8 Å². The second kappa shape index (κ2) is 3.17. The van der Waals surface area contributed by atoms with Gasteiger partial charge in [0.1, 0.15) is 0 Å². The van der Waals surface area contributed by atoms with Gasteiger partial charge in [-0.3, -0.25) is 0 Å². The summed E-state index contributed by atoms with van der Waals surface area (Å²) >= 11 is 5.87. The molecular weight excluding hydrogens is 172 g/mol. The van der Waals surface area contributed by atoms with Crippen molar-refractivity contribution in [3.05, 3.63) is 48.2 Å². The number of hydrogen-bond donors (Lipinski definition) is 1. The van der Waals surface area contributed by atoms with Gasteiger partial charge in [-0.05, 0) is 11.6 Å². The van der Waals surface area contributed by atoms with E-state index in [1.54, 1.807) is 4.53 Å². The molecule has 1 unspecified atom stereocenters. The molecule has 2 nitrogen and oxygen atoms in total. The molecule has 0 aromatic heterocycles. The van der Waals surface area contributed by atoms with Crippen molar-refractivity contribution >= 4 is 11.8 Å². The highest BCUT2D eigenvalue weighted by atomic mass is 35.5. The monoisotopic (exact) mass is 180 g/mol. The van der Waals surface area contributed by atoms with Crippen LogP contribution in [0.15, 0.2) is 42.6 Å². The lowest BCUT2D eigenvalue weighted by Crippen LogP contribution is -2.22. The van der Waals surface area contributed by atoms with Crippen molar-refractivity contribution in [2.45, 2.75) is 6.04 Å². The Labute approximate surface area is 76.5 Å². The van der Waals surface area contributed by atoms with Gasteiger partial charge in [-0.25, -0.2) is 0 Å². The normalized spacial score (nSPS) is 22.6. The lowest BCUT2D eigenvalue weighted by Gasteiger charge is -2.15. The third kappa shape index (κ3) is 1.31. The van der Waals surface area contributed by atoms with Crippen molar-refractivity contribution in [3.8, 4) is 0 Å². The highest BCUT2D eigenvalue weighted by molar-refractivity contribution is 6.13. The van der Waals surface area contributed by atoms with Gasteiger partial charge < -0.3 is 5.43 Å². The van der Waals surface area contributed by atoms with Crippen LogP contribution in [-0.2, 0) is 0 Å². The van der Waals surface area contributed by atoms with Gasteiger partial charge in [0.2, 0.25) is 0 Å². The van der Waals surface area contributed by atoms with Crippen LogP contribution in [0.2, 0.25) is 0 Å². The maximum atomic E-state index is 5.87. The van der Waals surface area contributed by atoms with Crippen LogP contribution in [0.1, 0.15) is 11.6 Å². The van der Waals surface area contributed by atoms with Crippen molar-refractivity contribution in [1.29, 1.82) is 0 Å². The average molecular weight is 181 g/mol. The van der Waals surface area contributed by atoms with Crippen LogP contribution in [0.25, 0.3) is 0 Å². The lowest BCUT2D eigenvalue weighted by atomic mass is 10.1. The molecular formula is C9H9ClN2.